The molecule has 0 spiro atoms. The molecule has 0 aliphatic heterocycles. The molecule has 0 amide bonds. The summed E-state index contributed by atoms with van der Waals surface area (Å²) in [5, 5.41) is 4.65. The van der Waals surface area contributed by atoms with Gasteiger partial charge in [0.1, 0.15) is 11.2 Å². The number of benzene rings is 7. The fraction of sp³-hybridized carbons (Fsp3) is 0. The fourth-order valence-corrected chi connectivity index (χ4v) is 6.82. The largest absolute Gasteiger partial charge is 0.456 e. The maximum atomic E-state index is 6.38. The van der Waals surface area contributed by atoms with Crippen LogP contribution in [0.1, 0.15) is 0 Å². The van der Waals surface area contributed by atoms with Gasteiger partial charge in [0, 0.05) is 50.2 Å². The summed E-state index contributed by atoms with van der Waals surface area (Å²) in [6.45, 7) is 0. The second kappa shape index (κ2) is 10.3. The van der Waals surface area contributed by atoms with E-state index < -0.39 is 0 Å². The van der Waals surface area contributed by atoms with E-state index in [-0.39, 0.29) is 0 Å². The van der Waals surface area contributed by atoms with Crippen molar-refractivity contribution in [3.8, 4) is 16.8 Å². The molecule has 2 heterocycles. The van der Waals surface area contributed by atoms with Crippen LogP contribution in [-0.4, -0.2) is 4.57 Å². The Bertz CT molecular complexity index is 2470. The van der Waals surface area contributed by atoms with Gasteiger partial charge < -0.3 is 13.9 Å². The van der Waals surface area contributed by atoms with Crippen molar-refractivity contribution in [2.24, 2.45) is 0 Å². The Morgan fingerprint density at radius 1 is 0.467 bits per heavy atom. The molecule has 0 bridgehead atoms. The van der Waals surface area contributed by atoms with Crippen molar-refractivity contribution in [1.82, 2.24) is 4.57 Å². The molecule has 7 aromatic carbocycles. The maximum absolute atomic E-state index is 6.38. The van der Waals surface area contributed by atoms with Crippen LogP contribution in [0, 0.1) is 0 Å². The second-order valence-electron chi connectivity index (χ2n) is 11.4. The molecule has 0 aliphatic carbocycles. The third-order valence-electron chi connectivity index (χ3n) is 8.77. The number of aromatic nitrogens is 1. The van der Waals surface area contributed by atoms with Crippen molar-refractivity contribution in [3.05, 3.63) is 170 Å². The molecule has 0 unspecified atom stereocenters. The molecule has 45 heavy (non-hydrogen) atoms. The Labute approximate surface area is 260 Å². The first-order chi connectivity index (χ1) is 22.3. The Morgan fingerprint density at radius 2 is 1.11 bits per heavy atom. The van der Waals surface area contributed by atoms with Crippen LogP contribution in [0.5, 0.6) is 0 Å². The smallest absolute Gasteiger partial charge is 0.137 e. The van der Waals surface area contributed by atoms with Gasteiger partial charge in [-0.25, -0.2) is 0 Å². The Hall–Kier alpha value is -6.06. The first kappa shape index (κ1) is 25.4. The fourth-order valence-electron chi connectivity index (χ4n) is 6.82. The van der Waals surface area contributed by atoms with Crippen LogP contribution in [-0.2, 0) is 0 Å². The summed E-state index contributed by atoms with van der Waals surface area (Å²) in [6, 6.07) is 60.2. The zero-order valence-electron chi connectivity index (χ0n) is 24.5. The first-order valence-corrected chi connectivity index (χ1v) is 15.3. The number of hydrogen-bond donors (Lipinski definition) is 0. The van der Waals surface area contributed by atoms with Gasteiger partial charge in [0.2, 0.25) is 0 Å². The lowest BCUT2D eigenvalue weighted by atomic mass is 9.99. The topological polar surface area (TPSA) is 21.3 Å². The van der Waals surface area contributed by atoms with Crippen molar-refractivity contribution >= 4 is 60.8 Å². The Balaban J connectivity index is 1.40. The molecule has 2 aromatic heterocycles. The Morgan fingerprint density at radius 3 is 1.91 bits per heavy atom. The number of rotatable bonds is 5. The molecule has 0 atom stereocenters. The van der Waals surface area contributed by atoms with Crippen molar-refractivity contribution < 1.29 is 4.42 Å². The van der Waals surface area contributed by atoms with Gasteiger partial charge >= 0.3 is 0 Å². The minimum absolute atomic E-state index is 0.874. The number of anilines is 3. The van der Waals surface area contributed by atoms with Crippen LogP contribution in [0.2, 0.25) is 0 Å². The van der Waals surface area contributed by atoms with Crippen molar-refractivity contribution in [3.63, 3.8) is 0 Å². The van der Waals surface area contributed by atoms with E-state index in [2.05, 4.69) is 167 Å². The van der Waals surface area contributed by atoms with Crippen molar-refractivity contribution in [1.29, 1.82) is 0 Å². The quantitative estimate of drug-likeness (QED) is 0.203. The molecular formula is C42H28N2O. The molecular weight excluding hydrogens is 548 g/mol. The molecule has 9 aromatic rings. The second-order valence-corrected chi connectivity index (χ2v) is 11.4. The molecule has 3 heteroatoms. The molecule has 0 N–H and O–H groups in total. The van der Waals surface area contributed by atoms with Crippen LogP contribution >= 0.6 is 0 Å². The van der Waals surface area contributed by atoms with Crippen molar-refractivity contribution in [2.45, 2.75) is 0 Å². The predicted octanol–water partition coefficient (Wildman–Crippen LogP) is 11.8. The van der Waals surface area contributed by atoms with Crippen LogP contribution in [0.25, 0.3) is 60.6 Å². The van der Waals surface area contributed by atoms with E-state index in [0.717, 1.165) is 44.7 Å². The van der Waals surface area contributed by atoms with Gasteiger partial charge in [-0.15, -0.1) is 0 Å². The molecule has 0 saturated carbocycles. The summed E-state index contributed by atoms with van der Waals surface area (Å²) in [4.78, 5) is 2.37. The van der Waals surface area contributed by atoms with E-state index in [9.17, 15) is 0 Å². The van der Waals surface area contributed by atoms with E-state index in [1.807, 2.05) is 12.1 Å². The van der Waals surface area contributed by atoms with E-state index in [0.29, 0.717) is 0 Å². The minimum Gasteiger partial charge on any atom is -0.456 e. The Kier molecular flexibility index (Phi) is 5.82. The van der Waals surface area contributed by atoms with Gasteiger partial charge in [0.25, 0.3) is 0 Å². The molecule has 9 rings (SSSR count). The van der Waals surface area contributed by atoms with Crippen molar-refractivity contribution in [2.75, 3.05) is 4.90 Å². The zero-order valence-corrected chi connectivity index (χ0v) is 24.5. The standard InChI is InChI=1S/C42H28N2O/c1-4-14-29(15-5-1)33-26-27-38(41-36-21-10-12-22-37(36)44(42(33)41)31-18-8-3-9-19-31)43(30-16-6-2-7-17-30)32-24-25-35-34-20-11-13-23-39(34)45-40(35)28-32/h1-28H. The monoisotopic (exact) mass is 576 g/mol. The molecule has 0 aliphatic rings. The van der Waals surface area contributed by atoms with E-state index in [1.165, 1.54) is 32.9 Å². The molecule has 212 valence electrons. The lowest BCUT2D eigenvalue weighted by Gasteiger charge is -2.27. The highest BCUT2D eigenvalue weighted by Crippen LogP contribution is 2.47. The summed E-state index contributed by atoms with van der Waals surface area (Å²) in [5.41, 5.74) is 10.9. The van der Waals surface area contributed by atoms with Gasteiger partial charge in [-0.2, -0.15) is 0 Å². The average Bonchev–Trinajstić information content (AvgIpc) is 3.66. The van der Waals surface area contributed by atoms with Crippen LogP contribution in [0.15, 0.2) is 174 Å². The summed E-state index contributed by atoms with van der Waals surface area (Å²) in [7, 11) is 0. The van der Waals surface area contributed by atoms with Crippen LogP contribution < -0.4 is 4.90 Å². The van der Waals surface area contributed by atoms with Crippen LogP contribution in [0.4, 0.5) is 17.1 Å². The first-order valence-electron chi connectivity index (χ1n) is 15.3. The summed E-state index contributed by atoms with van der Waals surface area (Å²) < 4.78 is 8.80. The number of hydrogen-bond acceptors (Lipinski definition) is 2. The highest BCUT2D eigenvalue weighted by molar-refractivity contribution is 6.20. The molecule has 0 saturated heterocycles. The lowest BCUT2D eigenvalue weighted by molar-refractivity contribution is 0.669. The minimum atomic E-state index is 0.874. The molecule has 0 fully saturated rings. The molecule has 0 radical (unpaired) electrons. The third-order valence-corrected chi connectivity index (χ3v) is 8.77. The average molecular weight is 577 g/mol. The zero-order chi connectivity index (χ0) is 29.7. The SMILES string of the molecule is c1ccc(-c2ccc(N(c3ccccc3)c3ccc4c(c3)oc3ccccc34)c3c4ccccc4n(-c4ccccc4)c23)cc1. The number of nitrogens with zero attached hydrogens (tertiary/aromatic N) is 2. The highest BCUT2D eigenvalue weighted by atomic mass is 16.3. The lowest BCUT2D eigenvalue weighted by Crippen LogP contribution is -2.10. The summed E-state index contributed by atoms with van der Waals surface area (Å²) in [6.07, 6.45) is 0. The van der Waals surface area contributed by atoms with Gasteiger partial charge in [-0.05, 0) is 60.2 Å². The molecule has 3 nitrogen and oxygen atoms in total. The van der Waals surface area contributed by atoms with E-state index >= 15 is 0 Å². The number of para-hydroxylation sites is 4. The van der Waals surface area contributed by atoms with Gasteiger partial charge in [0.15, 0.2) is 0 Å². The highest BCUT2D eigenvalue weighted by Gasteiger charge is 2.24. The van der Waals surface area contributed by atoms with E-state index in [1.54, 1.807) is 0 Å². The van der Waals surface area contributed by atoms with Gasteiger partial charge in [0.05, 0.1) is 16.7 Å². The normalized spacial score (nSPS) is 11.6. The number of fused-ring (bicyclic) bond motifs is 6. The third kappa shape index (κ3) is 4.05. The van der Waals surface area contributed by atoms with Gasteiger partial charge in [-0.3, -0.25) is 0 Å². The summed E-state index contributed by atoms with van der Waals surface area (Å²) in [5.74, 6) is 0. The van der Waals surface area contributed by atoms with E-state index in [4.69, 9.17) is 4.42 Å². The number of furan rings is 1. The predicted molar refractivity (Wildman–Crippen MR) is 188 cm³/mol. The maximum Gasteiger partial charge on any atom is 0.137 e. The van der Waals surface area contributed by atoms with Gasteiger partial charge in [-0.1, -0.05) is 109 Å². The summed E-state index contributed by atoms with van der Waals surface area (Å²) >= 11 is 0. The van der Waals surface area contributed by atoms with Crippen LogP contribution in [0.3, 0.4) is 0 Å².